The number of carbonyl (C=O) groups is 1. The van der Waals surface area contributed by atoms with E-state index < -0.39 is 47.5 Å². The van der Waals surface area contributed by atoms with E-state index in [1.54, 1.807) is 13.8 Å². The minimum atomic E-state index is -2.21. The largest absolute Gasteiger partial charge is 0.466 e. The van der Waals surface area contributed by atoms with Crippen molar-refractivity contribution in [3.05, 3.63) is 47.5 Å². The van der Waals surface area contributed by atoms with E-state index in [4.69, 9.17) is 14.2 Å². The average molecular weight is 356 g/mol. The Hall–Kier alpha value is -1.87. The molecular weight excluding hydrogens is 338 g/mol. The van der Waals surface area contributed by atoms with Crippen LogP contribution < -0.4 is 0 Å². The molecule has 0 aliphatic carbocycles. The number of esters is 1. The number of carbonyl (C=O) groups excluding carboxylic acids is 1. The van der Waals surface area contributed by atoms with E-state index in [0.29, 0.717) is 6.07 Å². The Balaban J connectivity index is 1.99. The van der Waals surface area contributed by atoms with Gasteiger partial charge in [0.1, 0.15) is 29.9 Å². The molecule has 2 heterocycles. The standard InChI is InChI=1S/C17H18F2O6/c1-16(2)24-14-12(6-7-13(20)22-3)23-17(21,15(14)25-16)10-5-4-9(18)8-11(10)19/h4-8,12,14-15,21H,1-3H3/b7-6-/t12-,14+,15+,17?/m1/s1. The van der Waals surface area contributed by atoms with Gasteiger partial charge in [0.05, 0.1) is 7.11 Å². The maximum absolute atomic E-state index is 14.2. The number of methoxy groups -OCH3 is 1. The number of hydrogen-bond acceptors (Lipinski definition) is 6. The molecule has 136 valence electrons. The molecule has 2 aliphatic heterocycles. The summed E-state index contributed by atoms with van der Waals surface area (Å²) in [5, 5.41) is 11.0. The second-order valence-electron chi connectivity index (χ2n) is 6.31. The summed E-state index contributed by atoms with van der Waals surface area (Å²) in [5.41, 5.74) is -0.279. The fourth-order valence-electron chi connectivity index (χ4n) is 3.06. The molecule has 0 radical (unpaired) electrons. The molecule has 0 bridgehead atoms. The van der Waals surface area contributed by atoms with Crippen molar-refractivity contribution in [1.29, 1.82) is 0 Å². The van der Waals surface area contributed by atoms with E-state index in [9.17, 15) is 18.7 Å². The van der Waals surface area contributed by atoms with Gasteiger partial charge in [0.15, 0.2) is 5.79 Å². The summed E-state index contributed by atoms with van der Waals surface area (Å²) in [6.07, 6.45) is -0.322. The van der Waals surface area contributed by atoms with Gasteiger partial charge in [-0.1, -0.05) is 0 Å². The molecule has 4 atom stereocenters. The highest BCUT2D eigenvalue weighted by molar-refractivity contribution is 5.81. The summed E-state index contributed by atoms with van der Waals surface area (Å²) in [4.78, 5) is 11.3. The SMILES string of the molecule is COC(=O)/C=C\[C@H]1OC(O)(c2ccc(F)cc2F)[C@H]2OC(C)(C)O[C@@H]12. The second kappa shape index (κ2) is 6.14. The molecule has 25 heavy (non-hydrogen) atoms. The van der Waals surface area contributed by atoms with Crippen LogP contribution in [0.3, 0.4) is 0 Å². The Bertz CT molecular complexity index is 719. The van der Waals surface area contributed by atoms with Crippen LogP contribution in [0.4, 0.5) is 8.78 Å². The van der Waals surface area contributed by atoms with Crippen molar-refractivity contribution in [1.82, 2.24) is 0 Å². The molecular formula is C17H18F2O6. The lowest BCUT2D eigenvalue weighted by molar-refractivity contribution is -0.276. The third-order valence-corrected chi connectivity index (χ3v) is 4.09. The van der Waals surface area contributed by atoms with Gasteiger partial charge in [-0.15, -0.1) is 0 Å². The first kappa shape index (κ1) is 17.9. The van der Waals surface area contributed by atoms with Gasteiger partial charge in [0, 0.05) is 17.7 Å². The normalized spacial score (nSPS) is 33.6. The number of hydrogen-bond donors (Lipinski definition) is 1. The molecule has 0 saturated carbocycles. The zero-order chi connectivity index (χ0) is 18.4. The number of fused-ring (bicyclic) bond motifs is 1. The third kappa shape index (κ3) is 3.18. The minimum Gasteiger partial charge on any atom is -0.466 e. The first-order valence-electron chi connectivity index (χ1n) is 7.64. The van der Waals surface area contributed by atoms with Crippen LogP contribution in [0.15, 0.2) is 30.4 Å². The van der Waals surface area contributed by atoms with Gasteiger partial charge in [-0.25, -0.2) is 13.6 Å². The Kier molecular flexibility index (Phi) is 4.40. The van der Waals surface area contributed by atoms with E-state index in [0.717, 1.165) is 18.2 Å². The summed E-state index contributed by atoms with van der Waals surface area (Å²) in [7, 11) is 1.22. The van der Waals surface area contributed by atoms with Crippen molar-refractivity contribution in [2.45, 2.75) is 43.7 Å². The fourth-order valence-corrected chi connectivity index (χ4v) is 3.06. The zero-order valence-electron chi connectivity index (χ0n) is 13.9. The molecule has 3 rings (SSSR count). The summed E-state index contributed by atoms with van der Waals surface area (Å²) in [5.74, 6) is -5.65. The third-order valence-electron chi connectivity index (χ3n) is 4.09. The molecule has 8 heteroatoms. The van der Waals surface area contributed by atoms with E-state index in [1.165, 1.54) is 13.2 Å². The van der Waals surface area contributed by atoms with Gasteiger partial charge >= 0.3 is 5.97 Å². The predicted molar refractivity (Wildman–Crippen MR) is 80.1 cm³/mol. The topological polar surface area (TPSA) is 74.2 Å². The van der Waals surface area contributed by atoms with Crippen LogP contribution in [0.25, 0.3) is 0 Å². The number of ether oxygens (including phenoxy) is 4. The molecule has 0 spiro atoms. The molecule has 2 aliphatic rings. The number of rotatable bonds is 3. The lowest BCUT2D eigenvalue weighted by Crippen LogP contribution is -2.41. The minimum absolute atomic E-state index is 0.279. The summed E-state index contributed by atoms with van der Waals surface area (Å²) >= 11 is 0. The maximum Gasteiger partial charge on any atom is 0.330 e. The van der Waals surface area contributed by atoms with Crippen LogP contribution in [0.2, 0.25) is 0 Å². The maximum atomic E-state index is 14.2. The Labute approximate surface area is 142 Å². The first-order valence-corrected chi connectivity index (χ1v) is 7.64. The molecule has 1 N–H and O–H groups in total. The fraction of sp³-hybridized carbons (Fsp3) is 0.471. The highest BCUT2D eigenvalue weighted by Gasteiger charge is 2.63. The molecule has 0 aromatic heterocycles. The number of halogens is 2. The van der Waals surface area contributed by atoms with E-state index in [-0.39, 0.29) is 5.56 Å². The average Bonchev–Trinajstić information content (AvgIpc) is 2.98. The second-order valence-corrected chi connectivity index (χ2v) is 6.31. The summed E-state index contributed by atoms with van der Waals surface area (Å²) in [6, 6.07) is 2.74. The summed E-state index contributed by atoms with van der Waals surface area (Å²) in [6.45, 7) is 3.27. The number of aliphatic hydroxyl groups is 1. The van der Waals surface area contributed by atoms with E-state index in [2.05, 4.69) is 4.74 Å². The number of benzene rings is 1. The van der Waals surface area contributed by atoms with Crippen LogP contribution in [-0.4, -0.2) is 42.3 Å². The van der Waals surface area contributed by atoms with Gasteiger partial charge in [-0.05, 0) is 32.1 Å². The van der Waals surface area contributed by atoms with Crippen molar-refractivity contribution in [3.63, 3.8) is 0 Å². The van der Waals surface area contributed by atoms with Crippen molar-refractivity contribution in [3.8, 4) is 0 Å². The van der Waals surface area contributed by atoms with Gasteiger partial charge < -0.3 is 24.1 Å². The van der Waals surface area contributed by atoms with Crippen molar-refractivity contribution < 1.29 is 37.6 Å². The zero-order valence-corrected chi connectivity index (χ0v) is 13.9. The summed E-state index contributed by atoms with van der Waals surface area (Å²) < 4.78 is 48.9. The smallest absolute Gasteiger partial charge is 0.330 e. The van der Waals surface area contributed by atoms with Crippen LogP contribution in [0.1, 0.15) is 19.4 Å². The Morgan fingerprint density at radius 3 is 2.64 bits per heavy atom. The van der Waals surface area contributed by atoms with Gasteiger partial charge in [0.2, 0.25) is 5.79 Å². The van der Waals surface area contributed by atoms with E-state index >= 15 is 0 Å². The van der Waals surface area contributed by atoms with Gasteiger partial charge in [0.25, 0.3) is 0 Å². The van der Waals surface area contributed by atoms with Crippen LogP contribution in [0.5, 0.6) is 0 Å². The van der Waals surface area contributed by atoms with Crippen molar-refractivity contribution >= 4 is 5.97 Å². The molecule has 2 fully saturated rings. The van der Waals surface area contributed by atoms with Crippen LogP contribution in [-0.2, 0) is 29.5 Å². The van der Waals surface area contributed by atoms with Gasteiger partial charge in [-0.2, -0.15) is 0 Å². The lowest BCUT2D eigenvalue weighted by Gasteiger charge is -2.30. The van der Waals surface area contributed by atoms with Crippen molar-refractivity contribution in [2.75, 3.05) is 7.11 Å². The molecule has 1 aromatic carbocycles. The lowest BCUT2D eigenvalue weighted by atomic mass is 9.97. The van der Waals surface area contributed by atoms with Crippen LogP contribution >= 0.6 is 0 Å². The predicted octanol–water partition coefficient (Wildman–Crippen LogP) is 1.76. The molecule has 6 nitrogen and oxygen atoms in total. The molecule has 0 amide bonds. The molecule has 2 saturated heterocycles. The highest BCUT2D eigenvalue weighted by atomic mass is 19.1. The van der Waals surface area contributed by atoms with Gasteiger partial charge in [-0.3, -0.25) is 0 Å². The first-order chi connectivity index (χ1) is 11.7. The van der Waals surface area contributed by atoms with E-state index in [1.807, 2.05) is 0 Å². The Morgan fingerprint density at radius 2 is 2.00 bits per heavy atom. The Morgan fingerprint density at radius 1 is 1.28 bits per heavy atom. The van der Waals surface area contributed by atoms with Crippen LogP contribution in [0, 0.1) is 11.6 Å². The molecule has 1 unspecified atom stereocenters. The monoisotopic (exact) mass is 356 g/mol. The van der Waals surface area contributed by atoms with Crippen molar-refractivity contribution in [2.24, 2.45) is 0 Å². The quantitative estimate of drug-likeness (QED) is 0.657. The highest BCUT2D eigenvalue weighted by Crippen LogP contribution is 2.48. The molecule has 1 aromatic rings.